The molecule has 0 heterocycles. The molecule has 1 saturated carbocycles. The molecule has 1 fully saturated rings. The highest BCUT2D eigenvalue weighted by molar-refractivity contribution is 7.92. The van der Waals surface area contributed by atoms with E-state index < -0.39 is 34.3 Å². The van der Waals surface area contributed by atoms with Crippen molar-refractivity contribution in [3.05, 3.63) is 100 Å². The second-order valence-electron chi connectivity index (χ2n) is 10.9. The highest BCUT2D eigenvalue weighted by atomic mass is 35.5. The summed E-state index contributed by atoms with van der Waals surface area (Å²) in [5.74, 6) is -1.29. The summed E-state index contributed by atoms with van der Waals surface area (Å²) < 4.78 is 40.6. The quantitative estimate of drug-likeness (QED) is 0.303. The number of nitrogens with zero attached hydrogens (tertiary/aromatic N) is 2. The highest BCUT2D eigenvalue weighted by Crippen LogP contribution is 2.26. The van der Waals surface area contributed by atoms with Gasteiger partial charge < -0.3 is 10.2 Å². The van der Waals surface area contributed by atoms with E-state index in [2.05, 4.69) is 5.32 Å². The number of hydrogen-bond acceptors (Lipinski definition) is 4. The lowest BCUT2D eigenvalue weighted by Crippen LogP contribution is -2.55. The van der Waals surface area contributed by atoms with Crippen LogP contribution in [0.5, 0.6) is 0 Å². The minimum Gasteiger partial charge on any atom is -0.352 e. The number of hydrogen-bond donors (Lipinski definition) is 1. The Kier molecular flexibility index (Phi) is 10.6. The van der Waals surface area contributed by atoms with Gasteiger partial charge in [0.2, 0.25) is 21.8 Å². The highest BCUT2D eigenvalue weighted by Gasteiger charge is 2.34. The molecule has 7 nitrogen and oxygen atoms in total. The maximum Gasteiger partial charge on any atom is 0.244 e. The molecule has 4 rings (SSSR count). The molecule has 0 spiro atoms. The molecule has 0 aromatic heterocycles. The second-order valence-corrected chi connectivity index (χ2v) is 13.2. The molecule has 224 valence electrons. The number of aryl methyl sites for hydroxylation is 1. The summed E-state index contributed by atoms with van der Waals surface area (Å²) in [5.41, 5.74) is 2.47. The predicted molar refractivity (Wildman–Crippen MR) is 164 cm³/mol. The first-order valence-electron chi connectivity index (χ1n) is 14.1. The molecule has 1 N–H and O–H groups in total. The van der Waals surface area contributed by atoms with Crippen LogP contribution < -0.4 is 9.62 Å². The lowest BCUT2D eigenvalue weighted by atomic mass is 9.94. The molecule has 1 atom stereocenters. The molecule has 1 unspecified atom stereocenters. The summed E-state index contributed by atoms with van der Waals surface area (Å²) in [5, 5.41) is 3.52. The topological polar surface area (TPSA) is 86.8 Å². The normalized spacial score (nSPS) is 14.7. The van der Waals surface area contributed by atoms with E-state index in [4.69, 9.17) is 11.6 Å². The van der Waals surface area contributed by atoms with Crippen molar-refractivity contribution in [3.63, 3.8) is 0 Å². The van der Waals surface area contributed by atoms with E-state index in [-0.39, 0.29) is 30.6 Å². The van der Waals surface area contributed by atoms with Gasteiger partial charge in [0.05, 0.1) is 11.9 Å². The number of sulfonamides is 1. The lowest BCUT2D eigenvalue weighted by molar-refractivity contribution is -0.140. The van der Waals surface area contributed by atoms with Crippen molar-refractivity contribution in [2.24, 2.45) is 0 Å². The van der Waals surface area contributed by atoms with Gasteiger partial charge in [-0.15, -0.1) is 0 Å². The Balaban J connectivity index is 1.72. The molecule has 42 heavy (non-hydrogen) atoms. The second kappa shape index (κ2) is 14.2. The Bertz CT molecular complexity index is 1480. The van der Waals surface area contributed by atoms with E-state index in [1.165, 1.54) is 23.1 Å². The van der Waals surface area contributed by atoms with Crippen LogP contribution >= 0.6 is 11.6 Å². The molecule has 1 aliphatic carbocycles. The summed E-state index contributed by atoms with van der Waals surface area (Å²) in [4.78, 5) is 29.5. The summed E-state index contributed by atoms with van der Waals surface area (Å²) in [7, 11) is -3.91. The minimum atomic E-state index is -3.91. The van der Waals surface area contributed by atoms with Crippen molar-refractivity contribution in [2.45, 2.75) is 64.1 Å². The smallest absolute Gasteiger partial charge is 0.244 e. The number of nitrogens with one attached hydrogen (secondary N) is 1. The van der Waals surface area contributed by atoms with Crippen LogP contribution in [0.4, 0.5) is 10.1 Å². The van der Waals surface area contributed by atoms with Crippen LogP contribution in [0.2, 0.25) is 5.02 Å². The first kappa shape index (κ1) is 31.5. The molecular formula is C32H37ClFN3O4S. The standard InChI is InChI=1S/C32H37ClFN3O4S/c1-23-13-18-28(20-29(23)33)37(42(2,40)41)22-31(38)36(21-25-14-16-26(34)17-15-25)30(19-24-9-5-3-6-10-24)32(39)35-27-11-7-4-8-12-27/h3,5-6,9-10,13-18,20,27,30H,4,7-8,11-12,19,21-22H2,1-2H3,(H,35,39). The largest absolute Gasteiger partial charge is 0.352 e. The van der Waals surface area contributed by atoms with Crippen molar-refractivity contribution in [1.29, 1.82) is 0 Å². The van der Waals surface area contributed by atoms with Gasteiger partial charge in [0.1, 0.15) is 18.4 Å². The maximum atomic E-state index is 14.2. The number of benzene rings is 3. The fourth-order valence-corrected chi connectivity index (χ4v) is 6.25. The molecule has 2 amide bonds. The minimum absolute atomic E-state index is 0.00881. The third-order valence-corrected chi connectivity index (χ3v) is 9.16. The molecule has 3 aromatic rings. The third-order valence-electron chi connectivity index (χ3n) is 7.61. The Morgan fingerprint density at radius 3 is 2.26 bits per heavy atom. The lowest BCUT2D eigenvalue weighted by Gasteiger charge is -2.35. The average Bonchev–Trinajstić information content (AvgIpc) is 2.96. The van der Waals surface area contributed by atoms with Gasteiger partial charge in [0.25, 0.3) is 0 Å². The molecule has 0 bridgehead atoms. The molecular weight excluding hydrogens is 577 g/mol. The SMILES string of the molecule is Cc1ccc(N(CC(=O)N(Cc2ccc(F)cc2)C(Cc2ccccc2)C(=O)NC2CCCCC2)S(C)(=O)=O)cc1Cl. The Morgan fingerprint density at radius 2 is 1.64 bits per heavy atom. The van der Waals surface area contributed by atoms with Crippen LogP contribution in [0, 0.1) is 12.7 Å². The van der Waals surface area contributed by atoms with E-state index in [1.54, 1.807) is 31.2 Å². The van der Waals surface area contributed by atoms with Crippen molar-refractivity contribution < 1.29 is 22.4 Å². The first-order valence-corrected chi connectivity index (χ1v) is 16.4. The van der Waals surface area contributed by atoms with Crippen LogP contribution in [0.1, 0.15) is 48.8 Å². The van der Waals surface area contributed by atoms with Crippen molar-refractivity contribution in [2.75, 3.05) is 17.1 Å². The fraction of sp³-hybridized carbons (Fsp3) is 0.375. The van der Waals surface area contributed by atoms with Crippen molar-refractivity contribution in [3.8, 4) is 0 Å². The van der Waals surface area contributed by atoms with Crippen LogP contribution in [0.3, 0.4) is 0 Å². The molecule has 1 aliphatic rings. The van der Waals surface area contributed by atoms with E-state index in [0.717, 1.165) is 53.8 Å². The fourth-order valence-electron chi connectivity index (χ4n) is 5.24. The van der Waals surface area contributed by atoms with Gasteiger partial charge in [-0.05, 0) is 60.7 Å². The monoisotopic (exact) mass is 613 g/mol. The van der Waals surface area contributed by atoms with E-state index in [9.17, 15) is 22.4 Å². The van der Waals surface area contributed by atoms with Crippen LogP contribution in [-0.2, 0) is 32.6 Å². The summed E-state index contributed by atoms with van der Waals surface area (Å²) in [6.07, 6.45) is 6.15. The van der Waals surface area contributed by atoms with Gasteiger partial charge in [-0.2, -0.15) is 0 Å². The zero-order valence-electron chi connectivity index (χ0n) is 23.9. The summed E-state index contributed by atoms with van der Waals surface area (Å²) >= 11 is 6.30. The van der Waals surface area contributed by atoms with E-state index in [1.807, 2.05) is 30.3 Å². The van der Waals surface area contributed by atoms with Gasteiger partial charge in [-0.1, -0.05) is 79.4 Å². The molecule has 0 aliphatic heterocycles. The van der Waals surface area contributed by atoms with Gasteiger partial charge in [0, 0.05) is 24.0 Å². The number of amides is 2. The Hall–Kier alpha value is -3.43. The van der Waals surface area contributed by atoms with Gasteiger partial charge >= 0.3 is 0 Å². The van der Waals surface area contributed by atoms with Crippen molar-refractivity contribution in [1.82, 2.24) is 10.2 Å². The third kappa shape index (κ3) is 8.55. The number of halogens is 2. The molecule has 10 heteroatoms. The molecule has 0 saturated heterocycles. The molecule has 3 aromatic carbocycles. The number of carbonyl (C=O) groups excluding carboxylic acids is 2. The van der Waals surface area contributed by atoms with E-state index in [0.29, 0.717) is 10.6 Å². The van der Waals surface area contributed by atoms with Crippen molar-refractivity contribution >= 4 is 39.1 Å². The zero-order chi connectivity index (χ0) is 30.3. The van der Waals surface area contributed by atoms with Crippen LogP contribution in [-0.4, -0.2) is 50.0 Å². The van der Waals surface area contributed by atoms with Gasteiger partial charge in [-0.3, -0.25) is 13.9 Å². The summed E-state index contributed by atoms with van der Waals surface area (Å²) in [6, 6.07) is 18.9. The first-order chi connectivity index (χ1) is 20.0. The number of rotatable bonds is 11. The van der Waals surface area contributed by atoms with Crippen LogP contribution in [0.15, 0.2) is 72.8 Å². The Labute approximate surface area is 252 Å². The number of anilines is 1. The van der Waals surface area contributed by atoms with Crippen LogP contribution in [0.25, 0.3) is 0 Å². The predicted octanol–water partition coefficient (Wildman–Crippen LogP) is 5.64. The average molecular weight is 614 g/mol. The Morgan fingerprint density at radius 1 is 0.976 bits per heavy atom. The molecule has 0 radical (unpaired) electrons. The zero-order valence-corrected chi connectivity index (χ0v) is 25.5. The van der Waals surface area contributed by atoms with Gasteiger partial charge in [-0.25, -0.2) is 12.8 Å². The van der Waals surface area contributed by atoms with Gasteiger partial charge in [0.15, 0.2) is 0 Å². The maximum absolute atomic E-state index is 14.2. The number of carbonyl (C=O) groups is 2. The van der Waals surface area contributed by atoms with E-state index >= 15 is 0 Å². The summed E-state index contributed by atoms with van der Waals surface area (Å²) in [6.45, 7) is 1.24.